The summed E-state index contributed by atoms with van der Waals surface area (Å²) in [5.74, 6) is -1.31. The molecule has 1 aromatic carbocycles. The number of alkyl halides is 2. The van der Waals surface area contributed by atoms with Crippen LogP contribution in [0.5, 0.6) is 5.75 Å². The van der Waals surface area contributed by atoms with E-state index in [0.717, 1.165) is 0 Å². The second-order valence-electron chi connectivity index (χ2n) is 3.39. The Morgan fingerprint density at radius 1 is 1.53 bits per heavy atom. The Balaban J connectivity index is 3.43. The standard InChI is InChI=1S/C12H12F2N2O3/c1-2-18-11(17)9-7(5-15)3-4-8(6-16)10(9)19-12(13)14/h3-4,12H,2,6,16H2,1H3. The molecule has 0 aliphatic rings. The molecule has 0 spiro atoms. The van der Waals surface area contributed by atoms with Gasteiger partial charge in [-0.1, -0.05) is 6.07 Å². The Bertz CT molecular complexity index is 512. The van der Waals surface area contributed by atoms with E-state index in [0.29, 0.717) is 0 Å². The maximum atomic E-state index is 12.4. The van der Waals surface area contributed by atoms with Crippen LogP contribution < -0.4 is 10.5 Å². The second kappa shape index (κ2) is 6.66. The molecule has 0 saturated carbocycles. The van der Waals surface area contributed by atoms with Crippen LogP contribution in [0, 0.1) is 11.3 Å². The summed E-state index contributed by atoms with van der Waals surface area (Å²) in [4.78, 5) is 11.8. The van der Waals surface area contributed by atoms with Crippen LogP contribution >= 0.6 is 0 Å². The lowest BCUT2D eigenvalue weighted by molar-refractivity contribution is -0.0510. The molecule has 5 nitrogen and oxygen atoms in total. The Labute approximate surface area is 108 Å². The number of nitrogens with zero attached hydrogens (tertiary/aromatic N) is 1. The fraction of sp³-hybridized carbons (Fsp3) is 0.333. The molecule has 0 heterocycles. The summed E-state index contributed by atoms with van der Waals surface area (Å²) in [5, 5.41) is 8.93. The molecule has 0 unspecified atom stereocenters. The van der Waals surface area contributed by atoms with Crippen LogP contribution in [0.15, 0.2) is 12.1 Å². The zero-order chi connectivity index (χ0) is 14.4. The van der Waals surface area contributed by atoms with Crippen molar-refractivity contribution in [2.45, 2.75) is 20.1 Å². The van der Waals surface area contributed by atoms with E-state index in [4.69, 9.17) is 15.7 Å². The minimum Gasteiger partial charge on any atom is -0.462 e. The summed E-state index contributed by atoms with van der Waals surface area (Å²) in [5.41, 5.74) is 5.17. The van der Waals surface area contributed by atoms with Crippen molar-refractivity contribution >= 4 is 5.97 Å². The number of ether oxygens (including phenoxy) is 2. The molecule has 2 N–H and O–H groups in total. The number of rotatable bonds is 5. The van der Waals surface area contributed by atoms with Crippen LogP contribution in [-0.2, 0) is 11.3 Å². The van der Waals surface area contributed by atoms with E-state index in [1.165, 1.54) is 12.1 Å². The van der Waals surface area contributed by atoms with Crippen LogP contribution in [-0.4, -0.2) is 19.2 Å². The number of benzene rings is 1. The highest BCUT2D eigenvalue weighted by atomic mass is 19.3. The van der Waals surface area contributed by atoms with Gasteiger partial charge in [-0.2, -0.15) is 14.0 Å². The van der Waals surface area contributed by atoms with Gasteiger partial charge in [-0.15, -0.1) is 0 Å². The van der Waals surface area contributed by atoms with Crippen LogP contribution in [0.3, 0.4) is 0 Å². The van der Waals surface area contributed by atoms with E-state index < -0.39 is 18.3 Å². The molecule has 19 heavy (non-hydrogen) atoms. The number of carbonyl (C=O) groups is 1. The van der Waals surface area contributed by atoms with Crippen LogP contribution in [0.4, 0.5) is 8.78 Å². The molecule has 0 bridgehead atoms. The monoisotopic (exact) mass is 270 g/mol. The molecule has 102 valence electrons. The highest BCUT2D eigenvalue weighted by molar-refractivity contribution is 5.95. The van der Waals surface area contributed by atoms with Crippen molar-refractivity contribution in [1.29, 1.82) is 5.26 Å². The molecule has 0 amide bonds. The van der Waals surface area contributed by atoms with Crippen molar-refractivity contribution in [2.24, 2.45) is 5.73 Å². The third-order valence-corrected chi connectivity index (χ3v) is 2.27. The van der Waals surface area contributed by atoms with Crippen molar-refractivity contribution in [3.8, 4) is 11.8 Å². The quantitative estimate of drug-likeness (QED) is 0.824. The van der Waals surface area contributed by atoms with Gasteiger partial charge in [0.15, 0.2) is 0 Å². The summed E-state index contributed by atoms with van der Waals surface area (Å²) in [6.45, 7) is -1.64. The zero-order valence-electron chi connectivity index (χ0n) is 10.2. The maximum absolute atomic E-state index is 12.4. The average molecular weight is 270 g/mol. The smallest absolute Gasteiger partial charge is 0.387 e. The van der Waals surface area contributed by atoms with E-state index >= 15 is 0 Å². The van der Waals surface area contributed by atoms with E-state index in [1.54, 1.807) is 13.0 Å². The van der Waals surface area contributed by atoms with Gasteiger partial charge in [-0.05, 0) is 13.0 Å². The highest BCUT2D eigenvalue weighted by Gasteiger charge is 2.24. The number of halogens is 2. The number of hydrogen-bond acceptors (Lipinski definition) is 5. The fourth-order valence-electron chi connectivity index (χ4n) is 1.51. The predicted octanol–water partition coefficient (Wildman–Crippen LogP) is 1.80. The van der Waals surface area contributed by atoms with Gasteiger partial charge < -0.3 is 15.2 Å². The molecular weight excluding hydrogens is 258 g/mol. The molecule has 0 aliphatic heterocycles. The SMILES string of the molecule is CCOC(=O)c1c(C#N)ccc(CN)c1OC(F)F. The Morgan fingerprint density at radius 2 is 2.21 bits per heavy atom. The van der Waals surface area contributed by atoms with Gasteiger partial charge in [0.25, 0.3) is 0 Å². The first kappa shape index (κ1) is 14.9. The van der Waals surface area contributed by atoms with Crippen molar-refractivity contribution in [3.63, 3.8) is 0 Å². The van der Waals surface area contributed by atoms with Gasteiger partial charge >= 0.3 is 12.6 Å². The third-order valence-electron chi connectivity index (χ3n) is 2.27. The molecule has 1 rings (SSSR count). The largest absolute Gasteiger partial charge is 0.462 e. The van der Waals surface area contributed by atoms with E-state index in [2.05, 4.69) is 4.74 Å². The first-order valence-corrected chi connectivity index (χ1v) is 5.43. The number of nitrogens with two attached hydrogens (primary N) is 1. The number of carbonyl (C=O) groups excluding carboxylic acids is 1. The van der Waals surface area contributed by atoms with E-state index in [1.807, 2.05) is 0 Å². The summed E-state index contributed by atoms with van der Waals surface area (Å²) in [7, 11) is 0. The second-order valence-corrected chi connectivity index (χ2v) is 3.39. The fourth-order valence-corrected chi connectivity index (χ4v) is 1.51. The normalized spacial score (nSPS) is 10.1. The van der Waals surface area contributed by atoms with Crippen LogP contribution in [0.2, 0.25) is 0 Å². The summed E-state index contributed by atoms with van der Waals surface area (Å²) in [6, 6.07) is 4.41. The van der Waals surface area contributed by atoms with E-state index in [9.17, 15) is 13.6 Å². The number of nitriles is 1. The molecule has 0 aliphatic carbocycles. The maximum Gasteiger partial charge on any atom is 0.387 e. The Hall–Kier alpha value is -2.20. The van der Waals surface area contributed by atoms with E-state index in [-0.39, 0.29) is 29.8 Å². The minimum absolute atomic E-state index is 0.0463. The summed E-state index contributed by atoms with van der Waals surface area (Å²) in [6.07, 6.45) is 0. The first-order chi connectivity index (χ1) is 9.04. The van der Waals surface area contributed by atoms with Gasteiger partial charge in [-0.25, -0.2) is 4.79 Å². The van der Waals surface area contributed by atoms with Crippen LogP contribution in [0.25, 0.3) is 0 Å². The summed E-state index contributed by atoms with van der Waals surface area (Å²) >= 11 is 0. The van der Waals surface area contributed by atoms with Gasteiger partial charge in [-0.3, -0.25) is 0 Å². The van der Waals surface area contributed by atoms with Crippen molar-refractivity contribution < 1.29 is 23.0 Å². The molecular formula is C12H12F2N2O3. The predicted molar refractivity (Wildman–Crippen MR) is 61.6 cm³/mol. The zero-order valence-corrected chi connectivity index (χ0v) is 10.2. The lowest BCUT2D eigenvalue weighted by Gasteiger charge is -2.14. The number of esters is 1. The Kier molecular flexibility index (Phi) is 5.21. The van der Waals surface area contributed by atoms with Gasteiger partial charge in [0.2, 0.25) is 0 Å². The highest BCUT2D eigenvalue weighted by Crippen LogP contribution is 2.29. The molecule has 0 aromatic heterocycles. The van der Waals surface area contributed by atoms with Gasteiger partial charge in [0.1, 0.15) is 17.4 Å². The lowest BCUT2D eigenvalue weighted by Crippen LogP contribution is -2.15. The molecule has 0 atom stereocenters. The summed E-state index contributed by atoms with van der Waals surface area (Å²) < 4.78 is 33.9. The van der Waals surface area contributed by atoms with Gasteiger partial charge in [0, 0.05) is 12.1 Å². The molecule has 7 heteroatoms. The minimum atomic E-state index is -3.13. The molecule has 0 radical (unpaired) electrons. The Morgan fingerprint density at radius 3 is 2.68 bits per heavy atom. The van der Waals surface area contributed by atoms with Crippen molar-refractivity contribution in [1.82, 2.24) is 0 Å². The molecule has 0 fully saturated rings. The molecule has 0 saturated heterocycles. The average Bonchev–Trinajstić information content (AvgIpc) is 2.37. The van der Waals surface area contributed by atoms with Gasteiger partial charge in [0.05, 0.1) is 12.2 Å². The molecule has 1 aromatic rings. The first-order valence-electron chi connectivity index (χ1n) is 5.43. The number of hydrogen-bond donors (Lipinski definition) is 1. The van der Waals surface area contributed by atoms with Crippen LogP contribution in [0.1, 0.15) is 28.4 Å². The van der Waals surface area contributed by atoms with Crippen molar-refractivity contribution in [3.05, 3.63) is 28.8 Å². The van der Waals surface area contributed by atoms with Crippen molar-refractivity contribution in [2.75, 3.05) is 6.61 Å². The topological polar surface area (TPSA) is 85.3 Å². The lowest BCUT2D eigenvalue weighted by atomic mass is 10.0. The third kappa shape index (κ3) is 3.39.